The van der Waals surface area contributed by atoms with Crippen LogP contribution >= 0.6 is 0 Å². The van der Waals surface area contributed by atoms with Gasteiger partial charge in [-0.2, -0.15) is 0 Å². The number of rotatable bonds is 4. The molecule has 0 aliphatic carbocycles. The van der Waals surface area contributed by atoms with Crippen molar-refractivity contribution in [2.24, 2.45) is 5.92 Å². The van der Waals surface area contributed by atoms with Gasteiger partial charge in [-0.05, 0) is 59.0 Å². The maximum Gasteiger partial charge on any atom is 0.410 e. The van der Waals surface area contributed by atoms with E-state index in [0.717, 1.165) is 25.4 Å². The fourth-order valence-electron chi connectivity index (χ4n) is 2.48. The van der Waals surface area contributed by atoms with Crippen LogP contribution < -0.4 is 0 Å². The Morgan fingerprint density at radius 2 is 2.11 bits per heavy atom. The normalized spacial score (nSPS) is 21.2. The lowest BCUT2D eigenvalue weighted by atomic mass is 9.95. The summed E-state index contributed by atoms with van der Waals surface area (Å²) in [7, 11) is 1.83. The third-order valence-corrected chi connectivity index (χ3v) is 3.63. The number of carbonyl (C=O) groups excluding carboxylic acids is 1. The lowest BCUT2D eigenvalue weighted by Gasteiger charge is -2.33. The van der Waals surface area contributed by atoms with Gasteiger partial charge in [-0.3, -0.25) is 0 Å². The fraction of sp³-hybridized carbons (Fsp3) is 0.933. The van der Waals surface area contributed by atoms with Crippen LogP contribution in [0.4, 0.5) is 4.79 Å². The Labute approximate surface area is 118 Å². The van der Waals surface area contributed by atoms with E-state index in [4.69, 9.17) is 4.74 Å². The van der Waals surface area contributed by atoms with Crippen molar-refractivity contribution in [1.82, 2.24) is 9.80 Å². The summed E-state index contributed by atoms with van der Waals surface area (Å²) in [5, 5.41) is 0. The van der Waals surface area contributed by atoms with Crippen LogP contribution in [0.15, 0.2) is 0 Å². The zero-order valence-electron chi connectivity index (χ0n) is 13.2. The highest BCUT2D eigenvalue weighted by Crippen LogP contribution is 2.20. The minimum Gasteiger partial charge on any atom is -0.444 e. The van der Waals surface area contributed by atoms with E-state index < -0.39 is 5.60 Å². The van der Waals surface area contributed by atoms with E-state index in [-0.39, 0.29) is 6.09 Å². The Bertz CT molecular complexity index is 286. The van der Waals surface area contributed by atoms with Gasteiger partial charge in [0, 0.05) is 20.1 Å². The summed E-state index contributed by atoms with van der Waals surface area (Å²) in [6, 6.07) is 0. The van der Waals surface area contributed by atoms with E-state index in [0.29, 0.717) is 0 Å². The maximum absolute atomic E-state index is 11.8. The Morgan fingerprint density at radius 1 is 1.42 bits per heavy atom. The van der Waals surface area contributed by atoms with Crippen LogP contribution in [0.1, 0.15) is 47.0 Å². The molecule has 4 nitrogen and oxygen atoms in total. The van der Waals surface area contributed by atoms with E-state index in [1.54, 1.807) is 4.90 Å². The standard InChI is InChI=1S/C15H30N2O2/c1-6-17-10-7-8-13(12-17)9-11-16(5)14(18)19-15(2,3)4/h13H,6-12H2,1-5H3/t13-/m0/s1. The van der Waals surface area contributed by atoms with Gasteiger partial charge in [0.1, 0.15) is 5.60 Å². The molecular formula is C15H30N2O2. The summed E-state index contributed by atoms with van der Waals surface area (Å²) in [6.07, 6.45) is 3.44. The van der Waals surface area contributed by atoms with Gasteiger partial charge in [0.25, 0.3) is 0 Å². The van der Waals surface area contributed by atoms with Crippen molar-refractivity contribution >= 4 is 6.09 Å². The number of hydrogen-bond donors (Lipinski definition) is 0. The van der Waals surface area contributed by atoms with Crippen LogP contribution in [0.25, 0.3) is 0 Å². The summed E-state index contributed by atoms with van der Waals surface area (Å²) in [5.41, 5.74) is -0.408. The highest BCUT2D eigenvalue weighted by molar-refractivity contribution is 5.67. The second-order valence-corrected chi connectivity index (χ2v) is 6.59. The Hall–Kier alpha value is -0.770. The quantitative estimate of drug-likeness (QED) is 0.787. The first-order valence-electron chi connectivity index (χ1n) is 7.48. The molecule has 0 bridgehead atoms. The van der Waals surface area contributed by atoms with Crippen LogP contribution in [0.2, 0.25) is 0 Å². The van der Waals surface area contributed by atoms with Gasteiger partial charge in [0.2, 0.25) is 0 Å². The summed E-state index contributed by atoms with van der Waals surface area (Å²) < 4.78 is 5.36. The van der Waals surface area contributed by atoms with Crippen molar-refractivity contribution in [3.05, 3.63) is 0 Å². The minimum atomic E-state index is -0.408. The van der Waals surface area contributed by atoms with E-state index in [2.05, 4.69) is 11.8 Å². The average Bonchev–Trinajstić information content (AvgIpc) is 2.34. The predicted octanol–water partition coefficient (Wildman–Crippen LogP) is 2.98. The van der Waals surface area contributed by atoms with Crippen LogP contribution in [0.5, 0.6) is 0 Å². The molecule has 0 aromatic heterocycles. The van der Waals surface area contributed by atoms with E-state index in [1.165, 1.54) is 25.9 Å². The van der Waals surface area contributed by atoms with Crippen LogP contribution in [-0.4, -0.2) is 54.7 Å². The molecule has 1 amide bonds. The van der Waals surface area contributed by atoms with E-state index in [1.807, 2.05) is 27.8 Å². The van der Waals surface area contributed by atoms with E-state index in [9.17, 15) is 4.79 Å². The van der Waals surface area contributed by atoms with Crippen molar-refractivity contribution in [3.63, 3.8) is 0 Å². The first-order chi connectivity index (χ1) is 8.81. The highest BCUT2D eigenvalue weighted by atomic mass is 16.6. The second-order valence-electron chi connectivity index (χ2n) is 6.59. The molecule has 4 heteroatoms. The molecule has 0 unspecified atom stereocenters. The van der Waals surface area contributed by atoms with Crippen molar-refractivity contribution < 1.29 is 9.53 Å². The number of nitrogens with zero attached hydrogens (tertiary/aromatic N) is 2. The average molecular weight is 270 g/mol. The number of ether oxygens (including phenoxy) is 1. The Balaban J connectivity index is 2.29. The van der Waals surface area contributed by atoms with Gasteiger partial charge < -0.3 is 14.5 Å². The zero-order valence-corrected chi connectivity index (χ0v) is 13.2. The van der Waals surface area contributed by atoms with Gasteiger partial charge in [-0.1, -0.05) is 6.92 Å². The molecule has 0 saturated carbocycles. The molecule has 1 atom stereocenters. The third kappa shape index (κ3) is 6.28. The SMILES string of the molecule is CCN1CCC[C@@H](CCN(C)C(=O)OC(C)(C)C)C1. The van der Waals surface area contributed by atoms with Crippen molar-refractivity contribution in [2.75, 3.05) is 33.2 Å². The monoisotopic (exact) mass is 270 g/mol. The number of amides is 1. The Kier molecular flexibility index (Phi) is 6.11. The molecule has 0 N–H and O–H groups in total. The molecular weight excluding hydrogens is 240 g/mol. The molecule has 1 rings (SSSR count). The summed E-state index contributed by atoms with van der Waals surface area (Å²) in [4.78, 5) is 16.1. The molecule has 19 heavy (non-hydrogen) atoms. The molecule has 1 saturated heterocycles. The van der Waals surface area contributed by atoms with Crippen molar-refractivity contribution in [2.45, 2.75) is 52.6 Å². The maximum atomic E-state index is 11.8. The molecule has 1 fully saturated rings. The largest absolute Gasteiger partial charge is 0.444 e. The van der Waals surface area contributed by atoms with Crippen molar-refractivity contribution in [3.8, 4) is 0 Å². The van der Waals surface area contributed by atoms with Crippen LogP contribution in [-0.2, 0) is 4.74 Å². The molecule has 1 aliphatic heterocycles. The molecule has 0 aromatic carbocycles. The van der Waals surface area contributed by atoms with Crippen LogP contribution in [0.3, 0.4) is 0 Å². The number of likely N-dealkylation sites (tertiary alicyclic amines) is 1. The lowest BCUT2D eigenvalue weighted by Crippen LogP contribution is -2.38. The lowest BCUT2D eigenvalue weighted by molar-refractivity contribution is 0.0283. The molecule has 112 valence electrons. The van der Waals surface area contributed by atoms with Crippen molar-refractivity contribution in [1.29, 1.82) is 0 Å². The predicted molar refractivity (Wildman–Crippen MR) is 78.3 cm³/mol. The third-order valence-electron chi connectivity index (χ3n) is 3.63. The topological polar surface area (TPSA) is 32.8 Å². The molecule has 0 radical (unpaired) electrons. The van der Waals surface area contributed by atoms with Gasteiger partial charge in [-0.15, -0.1) is 0 Å². The first-order valence-corrected chi connectivity index (χ1v) is 7.48. The molecule has 0 spiro atoms. The van der Waals surface area contributed by atoms with Gasteiger partial charge in [0.05, 0.1) is 0 Å². The first kappa shape index (κ1) is 16.3. The number of hydrogen-bond acceptors (Lipinski definition) is 3. The van der Waals surface area contributed by atoms with E-state index >= 15 is 0 Å². The summed E-state index contributed by atoms with van der Waals surface area (Å²) in [5.74, 6) is 0.721. The molecule has 0 aromatic rings. The fourth-order valence-corrected chi connectivity index (χ4v) is 2.48. The summed E-state index contributed by atoms with van der Waals surface area (Å²) in [6.45, 7) is 12.3. The van der Waals surface area contributed by atoms with Gasteiger partial charge >= 0.3 is 6.09 Å². The number of piperidine rings is 1. The molecule has 1 aliphatic rings. The summed E-state index contributed by atoms with van der Waals surface area (Å²) >= 11 is 0. The van der Waals surface area contributed by atoms with Crippen LogP contribution in [0, 0.1) is 5.92 Å². The smallest absolute Gasteiger partial charge is 0.410 e. The highest BCUT2D eigenvalue weighted by Gasteiger charge is 2.22. The van der Waals surface area contributed by atoms with Gasteiger partial charge in [-0.25, -0.2) is 4.79 Å². The van der Waals surface area contributed by atoms with Gasteiger partial charge in [0.15, 0.2) is 0 Å². The number of carbonyl (C=O) groups is 1. The zero-order chi connectivity index (χ0) is 14.5. The Morgan fingerprint density at radius 3 is 2.68 bits per heavy atom. The molecule has 1 heterocycles. The second kappa shape index (κ2) is 7.13. The minimum absolute atomic E-state index is 0.212.